The van der Waals surface area contributed by atoms with Crippen molar-refractivity contribution in [3.63, 3.8) is 0 Å². The zero-order chi connectivity index (χ0) is 14.8. The van der Waals surface area contributed by atoms with Crippen LogP contribution in [0.25, 0.3) is 0 Å². The predicted molar refractivity (Wildman–Crippen MR) is 74.7 cm³/mol. The van der Waals surface area contributed by atoms with Gasteiger partial charge in [0.15, 0.2) is 0 Å². The number of hydrogen-bond acceptors (Lipinski definition) is 3. The summed E-state index contributed by atoms with van der Waals surface area (Å²) in [6, 6.07) is 3.64. The summed E-state index contributed by atoms with van der Waals surface area (Å²) >= 11 is 0. The Morgan fingerprint density at radius 2 is 1.84 bits per heavy atom. The van der Waals surface area contributed by atoms with Gasteiger partial charge in [-0.2, -0.15) is 4.31 Å². The van der Waals surface area contributed by atoms with Crippen LogP contribution in [-0.4, -0.2) is 25.3 Å². The molecule has 0 amide bonds. The van der Waals surface area contributed by atoms with E-state index in [1.165, 1.54) is 16.4 Å². The summed E-state index contributed by atoms with van der Waals surface area (Å²) in [5, 5.41) is 0. The Morgan fingerprint density at radius 1 is 1.26 bits per heavy atom. The minimum atomic E-state index is -3.92. The first-order valence-electron chi connectivity index (χ1n) is 6.23. The normalized spacial score (nSPS) is 12.6. The van der Waals surface area contributed by atoms with E-state index in [-0.39, 0.29) is 17.6 Å². The van der Waals surface area contributed by atoms with Crippen molar-refractivity contribution in [1.29, 1.82) is 0 Å². The van der Waals surface area contributed by atoms with Crippen molar-refractivity contribution in [2.45, 2.75) is 38.6 Å². The smallest absolute Gasteiger partial charge is 0.248 e. The second-order valence-corrected chi connectivity index (χ2v) is 7.05. The number of nitrogens with zero attached hydrogens (tertiary/aromatic N) is 1. The number of hydrogen-bond donors (Lipinski definition) is 1. The Kier molecular flexibility index (Phi) is 4.92. The van der Waals surface area contributed by atoms with E-state index in [1.807, 2.05) is 13.8 Å². The molecule has 0 saturated heterocycles. The van der Waals surface area contributed by atoms with Crippen molar-refractivity contribution in [3.05, 3.63) is 24.0 Å². The standard InChI is InChI=1S/C13H21FN2O2S/c1-9(2)8-16(10(3)4)19(17,18)13-11(14)6-5-7-12(13)15/h5-7,9-10H,8,15H2,1-4H3. The van der Waals surface area contributed by atoms with Gasteiger partial charge in [0, 0.05) is 12.6 Å². The van der Waals surface area contributed by atoms with Gasteiger partial charge in [-0.05, 0) is 31.9 Å². The lowest BCUT2D eigenvalue weighted by Crippen LogP contribution is -2.40. The molecule has 0 radical (unpaired) electrons. The van der Waals surface area contributed by atoms with Gasteiger partial charge in [-0.25, -0.2) is 12.8 Å². The number of sulfonamides is 1. The zero-order valence-corrected chi connectivity index (χ0v) is 12.5. The molecule has 4 nitrogen and oxygen atoms in total. The van der Waals surface area contributed by atoms with E-state index in [0.29, 0.717) is 6.54 Å². The van der Waals surface area contributed by atoms with Crippen LogP contribution in [0.1, 0.15) is 27.7 Å². The van der Waals surface area contributed by atoms with E-state index < -0.39 is 20.7 Å². The van der Waals surface area contributed by atoms with Gasteiger partial charge in [0.1, 0.15) is 10.7 Å². The fraction of sp³-hybridized carbons (Fsp3) is 0.538. The average molecular weight is 288 g/mol. The Balaban J connectivity index is 3.35. The Labute approximate surface area is 114 Å². The second-order valence-electron chi connectivity index (χ2n) is 5.22. The summed E-state index contributed by atoms with van der Waals surface area (Å²) in [7, 11) is -3.92. The molecule has 0 aliphatic carbocycles. The van der Waals surface area contributed by atoms with Crippen molar-refractivity contribution >= 4 is 15.7 Å². The molecule has 0 heterocycles. The summed E-state index contributed by atoms with van der Waals surface area (Å²) in [6.07, 6.45) is 0. The topological polar surface area (TPSA) is 63.4 Å². The van der Waals surface area contributed by atoms with E-state index >= 15 is 0 Å². The van der Waals surface area contributed by atoms with Crippen LogP contribution in [0.4, 0.5) is 10.1 Å². The van der Waals surface area contributed by atoms with Crippen LogP contribution in [0.2, 0.25) is 0 Å². The van der Waals surface area contributed by atoms with Crippen molar-refractivity contribution in [2.24, 2.45) is 5.92 Å². The number of halogens is 1. The highest BCUT2D eigenvalue weighted by Gasteiger charge is 2.31. The van der Waals surface area contributed by atoms with Gasteiger partial charge < -0.3 is 5.73 Å². The first kappa shape index (κ1) is 15.9. The molecule has 0 bridgehead atoms. The largest absolute Gasteiger partial charge is 0.398 e. The molecule has 0 unspecified atom stereocenters. The van der Waals surface area contributed by atoms with Crippen LogP contribution < -0.4 is 5.73 Å². The van der Waals surface area contributed by atoms with Gasteiger partial charge in [0.05, 0.1) is 5.69 Å². The van der Waals surface area contributed by atoms with Crippen LogP contribution >= 0.6 is 0 Å². The molecule has 6 heteroatoms. The van der Waals surface area contributed by atoms with Gasteiger partial charge >= 0.3 is 0 Å². The molecule has 1 aromatic rings. The summed E-state index contributed by atoms with van der Waals surface area (Å²) < 4.78 is 40.2. The fourth-order valence-electron chi connectivity index (χ4n) is 1.86. The number of rotatable bonds is 5. The molecule has 0 aromatic heterocycles. The SMILES string of the molecule is CC(C)CN(C(C)C)S(=O)(=O)c1c(N)cccc1F. The molecule has 2 N–H and O–H groups in total. The van der Waals surface area contributed by atoms with Crippen LogP contribution in [0.15, 0.2) is 23.1 Å². The molecule has 0 fully saturated rings. The number of anilines is 1. The van der Waals surface area contributed by atoms with Crippen LogP contribution in [0.5, 0.6) is 0 Å². The molecule has 108 valence electrons. The quantitative estimate of drug-likeness (QED) is 0.847. The average Bonchev–Trinajstić information content (AvgIpc) is 2.24. The van der Waals surface area contributed by atoms with Crippen LogP contribution in [0.3, 0.4) is 0 Å². The lowest BCUT2D eigenvalue weighted by molar-refractivity contribution is 0.317. The summed E-state index contributed by atoms with van der Waals surface area (Å²) in [5.41, 5.74) is 5.57. The van der Waals surface area contributed by atoms with E-state index in [4.69, 9.17) is 5.73 Å². The number of nitrogen functional groups attached to an aromatic ring is 1. The maximum Gasteiger partial charge on any atom is 0.248 e. The molecule has 1 aromatic carbocycles. The Hall–Kier alpha value is -1.14. The van der Waals surface area contributed by atoms with Crippen molar-refractivity contribution in [1.82, 2.24) is 4.31 Å². The Morgan fingerprint density at radius 3 is 2.26 bits per heavy atom. The third-order valence-electron chi connectivity index (χ3n) is 2.69. The fourth-order valence-corrected chi connectivity index (χ4v) is 3.83. The minimum absolute atomic E-state index is 0.0607. The van der Waals surface area contributed by atoms with E-state index in [9.17, 15) is 12.8 Å². The molecule has 1 rings (SSSR count). The molecular weight excluding hydrogens is 267 g/mol. The monoisotopic (exact) mass is 288 g/mol. The summed E-state index contributed by atoms with van der Waals surface area (Å²) in [4.78, 5) is -0.427. The minimum Gasteiger partial charge on any atom is -0.398 e. The van der Waals surface area contributed by atoms with Gasteiger partial charge in [-0.1, -0.05) is 19.9 Å². The van der Waals surface area contributed by atoms with E-state index in [2.05, 4.69) is 0 Å². The van der Waals surface area contributed by atoms with Crippen LogP contribution in [0, 0.1) is 11.7 Å². The van der Waals surface area contributed by atoms with Crippen LogP contribution in [-0.2, 0) is 10.0 Å². The van der Waals surface area contributed by atoms with E-state index in [1.54, 1.807) is 13.8 Å². The highest BCUT2D eigenvalue weighted by Crippen LogP contribution is 2.27. The van der Waals surface area contributed by atoms with Crippen molar-refractivity contribution in [2.75, 3.05) is 12.3 Å². The molecule has 0 aliphatic rings. The molecule has 0 saturated carbocycles. The zero-order valence-electron chi connectivity index (χ0n) is 11.7. The van der Waals surface area contributed by atoms with Gasteiger partial charge in [0.2, 0.25) is 10.0 Å². The maximum absolute atomic E-state index is 13.8. The highest BCUT2D eigenvalue weighted by molar-refractivity contribution is 7.89. The molecule has 0 atom stereocenters. The number of nitrogens with two attached hydrogens (primary N) is 1. The molecule has 0 spiro atoms. The first-order valence-corrected chi connectivity index (χ1v) is 7.67. The lowest BCUT2D eigenvalue weighted by Gasteiger charge is -2.28. The number of benzene rings is 1. The summed E-state index contributed by atoms with van der Waals surface area (Å²) in [5.74, 6) is -0.667. The Bertz CT molecular complexity index is 521. The first-order chi connectivity index (χ1) is 8.67. The van der Waals surface area contributed by atoms with Crippen molar-refractivity contribution in [3.8, 4) is 0 Å². The summed E-state index contributed by atoms with van der Waals surface area (Å²) in [6.45, 7) is 7.67. The van der Waals surface area contributed by atoms with Gasteiger partial charge in [0.25, 0.3) is 0 Å². The third kappa shape index (κ3) is 3.45. The second kappa shape index (κ2) is 5.88. The molecular formula is C13H21FN2O2S. The van der Waals surface area contributed by atoms with Gasteiger partial charge in [-0.3, -0.25) is 0 Å². The van der Waals surface area contributed by atoms with Gasteiger partial charge in [-0.15, -0.1) is 0 Å². The highest BCUT2D eigenvalue weighted by atomic mass is 32.2. The molecule has 0 aliphatic heterocycles. The maximum atomic E-state index is 13.8. The molecule has 19 heavy (non-hydrogen) atoms. The third-order valence-corrected chi connectivity index (χ3v) is 4.82. The van der Waals surface area contributed by atoms with E-state index in [0.717, 1.165) is 6.07 Å². The van der Waals surface area contributed by atoms with Crippen molar-refractivity contribution < 1.29 is 12.8 Å². The predicted octanol–water partition coefficient (Wildman–Crippen LogP) is 2.46. The lowest BCUT2D eigenvalue weighted by atomic mass is 10.2.